The summed E-state index contributed by atoms with van der Waals surface area (Å²) < 4.78 is 15.8. The zero-order valence-electron chi connectivity index (χ0n) is 15.6. The summed E-state index contributed by atoms with van der Waals surface area (Å²) in [6.07, 6.45) is 3.80. The fourth-order valence-corrected chi connectivity index (χ4v) is 4.16. The minimum Gasteiger partial charge on any atom is -0.347 e. The van der Waals surface area contributed by atoms with Crippen LogP contribution >= 0.6 is 11.3 Å². The van der Waals surface area contributed by atoms with Crippen molar-refractivity contribution in [3.8, 4) is 10.6 Å². The molecule has 0 aliphatic rings. The molecular weight excluding hydrogens is 375 g/mol. The molecule has 0 spiro atoms. The summed E-state index contributed by atoms with van der Waals surface area (Å²) in [5.74, 6) is -0.578. The van der Waals surface area contributed by atoms with Gasteiger partial charge in [-0.2, -0.15) is 0 Å². The number of pyridine rings is 1. The highest BCUT2D eigenvalue weighted by atomic mass is 32.1. The highest BCUT2D eigenvalue weighted by Gasteiger charge is 2.19. The molecule has 0 radical (unpaired) electrons. The molecule has 5 nitrogen and oxygen atoms in total. The summed E-state index contributed by atoms with van der Waals surface area (Å²) in [5.41, 5.74) is 2.98. The predicted octanol–water partition coefficient (Wildman–Crippen LogP) is 4.56. The van der Waals surface area contributed by atoms with E-state index in [9.17, 15) is 9.18 Å². The van der Waals surface area contributed by atoms with Gasteiger partial charge in [-0.25, -0.2) is 14.4 Å². The van der Waals surface area contributed by atoms with Gasteiger partial charge in [0.2, 0.25) is 0 Å². The minimum absolute atomic E-state index is 0.136. The molecule has 7 heteroatoms. The van der Waals surface area contributed by atoms with Crippen molar-refractivity contribution in [1.29, 1.82) is 0 Å². The number of amides is 1. The van der Waals surface area contributed by atoms with Gasteiger partial charge in [0, 0.05) is 42.0 Å². The number of nitrogens with one attached hydrogen (secondary N) is 1. The van der Waals surface area contributed by atoms with Gasteiger partial charge in [-0.05, 0) is 32.0 Å². The maximum absolute atomic E-state index is 13.8. The standard InChI is InChI=1S/C21H19FN4OS/c1-3-26-12-16(15-8-6-10-23-19(15)26)21-25-13(2)18(28-21)20(27)24-11-14-7-4-5-9-17(14)22/h4-10,12H,3,11H2,1-2H3,(H,24,27). The number of hydrogen-bond acceptors (Lipinski definition) is 4. The van der Waals surface area contributed by atoms with E-state index in [2.05, 4.69) is 26.8 Å². The van der Waals surface area contributed by atoms with Crippen molar-refractivity contribution in [3.63, 3.8) is 0 Å². The molecule has 1 amide bonds. The zero-order valence-corrected chi connectivity index (χ0v) is 16.4. The third-order valence-corrected chi connectivity index (χ3v) is 5.79. The van der Waals surface area contributed by atoms with E-state index in [0.717, 1.165) is 28.1 Å². The van der Waals surface area contributed by atoms with E-state index in [1.807, 2.05) is 25.3 Å². The van der Waals surface area contributed by atoms with Crippen molar-refractivity contribution in [3.05, 3.63) is 70.7 Å². The lowest BCUT2D eigenvalue weighted by molar-refractivity contribution is 0.0954. The highest BCUT2D eigenvalue weighted by Crippen LogP contribution is 2.34. The van der Waals surface area contributed by atoms with E-state index in [4.69, 9.17) is 0 Å². The first-order valence-electron chi connectivity index (χ1n) is 9.01. The quantitative estimate of drug-likeness (QED) is 0.540. The number of fused-ring (bicyclic) bond motifs is 1. The summed E-state index contributed by atoms with van der Waals surface area (Å²) in [7, 11) is 0. The number of rotatable bonds is 5. The van der Waals surface area contributed by atoms with Crippen LogP contribution in [0.15, 0.2) is 48.8 Å². The molecule has 142 valence electrons. The van der Waals surface area contributed by atoms with Gasteiger partial charge >= 0.3 is 0 Å². The van der Waals surface area contributed by atoms with Crippen LogP contribution in [0.5, 0.6) is 0 Å². The molecule has 0 aliphatic carbocycles. The molecule has 4 rings (SSSR count). The van der Waals surface area contributed by atoms with Gasteiger partial charge in [-0.1, -0.05) is 18.2 Å². The lowest BCUT2D eigenvalue weighted by Crippen LogP contribution is -2.23. The predicted molar refractivity (Wildman–Crippen MR) is 109 cm³/mol. The second kappa shape index (κ2) is 7.52. The van der Waals surface area contributed by atoms with Crippen LogP contribution < -0.4 is 5.32 Å². The average molecular weight is 394 g/mol. The van der Waals surface area contributed by atoms with E-state index in [0.29, 0.717) is 16.1 Å². The Balaban J connectivity index is 1.62. The Labute approximate surface area is 165 Å². The Hall–Kier alpha value is -3.06. The molecule has 0 saturated carbocycles. The van der Waals surface area contributed by atoms with Crippen LogP contribution in [0.4, 0.5) is 4.39 Å². The van der Waals surface area contributed by atoms with E-state index >= 15 is 0 Å². The van der Waals surface area contributed by atoms with Crippen LogP contribution in [-0.4, -0.2) is 20.4 Å². The first-order chi connectivity index (χ1) is 13.6. The summed E-state index contributed by atoms with van der Waals surface area (Å²) in [5, 5.41) is 4.58. The molecule has 0 atom stereocenters. The van der Waals surface area contributed by atoms with Gasteiger partial charge in [0.1, 0.15) is 21.3 Å². The van der Waals surface area contributed by atoms with Crippen molar-refractivity contribution in [1.82, 2.24) is 19.9 Å². The van der Waals surface area contributed by atoms with Crippen LogP contribution in [0.3, 0.4) is 0 Å². The number of hydrogen-bond donors (Lipinski definition) is 1. The Morgan fingerprint density at radius 3 is 2.86 bits per heavy atom. The van der Waals surface area contributed by atoms with E-state index in [1.165, 1.54) is 17.4 Å². The fourth-order valence-electron chi connectivity index (χ4n) is 3.15. The molecule has 3 heterocycles. The molecule has 0 fully saturated rings. The lowest BCUT2D eigenvalue weighted by Gasteiger charge is -2.05. The summed E-state index contributed by atoms with van der Waals surface area (Å²) in [6, 6.07) is 10.3. The number of halogens is 1. The number of thiazole rings is 1. The summed E-state index contributed by atoms with van der Waals surface area (Å²) >= 11 is 1.34. The smallest absolute Gasteiger partial charge is 0.263 e. The molecule has 0 aliphatic heterocycles. The number of carbonyl (C=O) groups excluding carboxylic acids is 1. The average Bonchev–Trinajstić information content (AvgIpc) is 3.27. The normalized spacial score (nSPS) is 11.1. The molecule has 4 aromatic rings. The number of carbonyl (C=O) groups is 1. The molecule has 1 aromatic carbocycles. The molecule has 3 aromatic heterocycles. The van der Waals surface area contributed by atoms with E-state index in [-0.39, 0.29) is 18.3 Å². The van der Waals surface area contributed by atoms with Gasteiger partial charge in [0.15, 0.2) is 0 Å². The SMILES string of the molecule is CCn1cc(-c2nc(C)c(C(=O)NCc3ccccc3F)s2)c2cccnc21. The number of benzene rings is 1. The van der Waals surface area contributed by atoms with Crippen LogP contribution in [-0.2, 0) is 13.1 Å². The highest BCUT2D eigenvalue weighted by molar-refractivity contribution is 7.17. The Bertz CT molecular complexity index is 1160. The van der Waals surface area contributed by atoms with Crippen LogP contribution in [0.25, 0.3) is 21.6 Å². The largest absolute Gasteiger partial charge is 0.347 e. The minimum atomic E-state index is -0.329. The zero-order chi connectivity index (χ0) is 19.7. The molecule has 0 unspecified atom stereocenters. The Kier molecular flexibility index (Phi) is 4.92. The second-order valence-electron chi connectivity index (χ2n) is 6.41. The lowest BCUT2D eigenvalue weighted by atomic mass is 10.2. The number of nitrogens with zero attached hydrogens (tertiary/aromatic N) is 3. The molecule has 1 N–H and O–H groups in total. The third-order valence-electron chi connectivity index (χ3n) is 4.60. The van der Waals surface area contributed by atoms with Crippen molar-refractivity contribution >= 4 is 28.3 Å². The number of aryl methyl sites for hydroxylation is 2. The molecular formula is C21H19FN4OS. The van der Waals surface area contributed by atoms with Crippen LogP contribution in [0.2, 0.25) is 0 Å². The number of aromatic nitrogens is 3. The first kappa shape index (κ1) is 18.3. The van der Waals surface area contributed by atoms with Gasteiger partial charge in [0.05, 0.1) is 5.69 Å². The molecule has 0 bridgehead atoms. The first-order valence-corrected chi connectivity index (χ1v) is 9.83. The fraction of sp³-hybridized carbons (Fsp3) is 0.190. The summed E-state index contributed by atoms with van der Waals surface area (Å²) in [6.45, 7) is 4.81. The third kappa shape index (κ3) is 3.29. The van der Waals surface area contributed by atoms with Gasteiger partial charge in [-0.15, -0.1) is 11.3 Å². The van der Waals surface area contributed by atoms with E-state index < -0.39 is 0 Å². The van der Waals surface area contributed by atoms with Crippen LogP contribution in [0.1, 0.15) is 27.9 Å². The second-order valence-corrected chi connectivity index (χ2v) is 7.41. The monoisotopic (exact) mass is 394 g/mol. The van der Waals surface area contributed by atoms with Gasteiger partial charge < -0.3 is 9.88 Å². The maximum atomic E-state index is 13.8. The van der Waals surface area contributed by atoms with Crippen LogP contribution in [0, 0.1) is 12.7 Å². The molecule has 0 saturated heterocycles. The van der Waals surface area contributed by atoms with Gasteiger partial charge in [-0.3, -0.25) is 4.79 Å². The maximum Gasteiger partial charge on any atom is 0.263 e. The van der Waals surface area contributed by atoms with Crippen molar-refractivity contribution in [2.24, 2.45) is 0 Å². The van der Waals surface area contributed by atoms with Crippen molar-refractivity contribution in [2.45, 2.75) is 26.9 Å². The topological polar surface area (TPSA) is 59.8 Å². The van der Waals surface area contributed by atoms with Gasteiger partial charge in [0.25, 0.3) is 5.91 Å². The Morgan fingerprint density at radius 2 is 2.07 bits per heavy atom. The molecule has 28 heavy (non-hydrogen) atoms. The Morgan fingerprint density at radius 1 is 1.25 bits per heavy atom. The summed E-state index contributed by atoms with van der Waals surface area (Å²) in [4.78, 5) is 22.2. The van der Waals surface area contributed by atoms with E-state index in [1.54, 1.807) is 24.4 Å². The van der Waals surface area contributed by atoms with Crippen molar-refractivity contribution < 1.29 is 9.18 Å². The van der Waals surface area contributed by atoms with Crippen molar-refractivity contribution in [2.75, 3.05) is 0 Å².